The number of amides is 3. The number of phenols is 1. The molecule has 0 aromatic heterocycles. The fourth-order valence-electron chi connectivity index (χ4n) is 16.0. The van der Waals surface area contributed by atoms with Gasteiger partial charge < -0.3 is 96.3 Å². The van der Waals surface area contributed by atoms with E-state index in [2.05, 4.69) is 10.6 Å². The van der Waals surface area contributed by atoms with Gasteiger partial charge in [-0.2, -0.15) is 0 Å². The summed E-state index contributed by atoms with van der Waals surface area (Å²) in [5.41, 5.74) is 10.9. The quantitative estimate of drug-likeness (QED) is 0.0318. The first-order valence-corrected chi connectivity index (χ1v) is 47.6. The van der Waals surface area contributed by atoms with Crippen molar-refractivity contribution in [1.29, 1.82) is 0 Å². The molecule has 758 valence electrons. The Morgan fingerprint density at radius 3 is 0.844 bits per heavy atom. The van der Waals surface area contributed by atoms with Gasteiger partial charge >= 0.3 is 48.1 Å². The molecule has 3 N–H and O–H groups in total. The number of nitrogens with zero attached hydrogens (tertiary/aromatic N) is 3. The van der Waals surface area contributed by atoms with Crippen molar-refractivity contribution >= 4 is 71.3 Å². The average Bonchev–Trinajstić information content (AvgIpc) is 0.759. The highest BCUT2D eigenvalue weighted by molar-refractivity contribution is 6.30. The molecular weight excluding hydrogens is 1850 g/mol. The predicted molar refractivity (Wildman–Crippen MR) is 529 cm³/mol. The molecule has 33 heteroatoms. The first-order valence-electron chi connectivity index (χ1n) is 46.9. The Kier molecular flexibility index (Phi) is 40.2. The van der Waals surface area contributed by atoms with Crippen LogP contribution in [0.25, 0.3) is 0 Å². The number of rotatable bonds is 27. The molecule has 0 spiro atoms. The van der Waals surface area contributed by atoms with Crippen LogP contribution in [0.2, 0.25) is 10.0 Å². The summed E-state index contributed by atoms with van der Waals surface area (Å²) in [5.74, 6) is 3.32. The minimum atomic E-state index is -0.861. The third-order valence-corrected chi connectivity index (χ3v) is 23.2. The highest BCUT2D eigenvalue weighted by Gasteiger charge is 2.44. The van der Waals surface area contributed by atoms with Gasteiger partial charge in [-0.15, -0.1) is 0 Å². The maximum Gasteiger partial charge on any atom is 0.411 e. The fourth-order valence-corrected chi connectivity index (χ4v) is 16.3. The average molecular weight is 1990 g/mol. The van der Waals surface area contributed by atoms with Crippen molar-refractivity contribution in [2.45, 2.75) is 235 Å². The Morgan fingerprint density at radius 2 is 0.567 bits per heavy atom. The lowest BCUT2D eigenvalue weighted by molar-refractivity contribution is -0.150. The summed E-state index contributed by atoms with van der Waals surface area (Å²) in [6, 6.07) is 50.0. The number of fused-ring (bicyclic) bond motifs is 5. The van der Waals surface area contributed by atoms with Gasteiger partial charge in [-0.1, -0.05) is 138 Å². The zero-order valence-corrected chi connectivity index (χ0v) is 85.3. The van der Waals surface area contributed by atoms with Crippen LogP contribution < -0.4 is 53.3 Å². The third kappa shape index (κ3) is 30.6. The van der Waals surface area contributed by atoms with Crippen LogP contribution in [-0.2, 0) is 153 Å². The lowest BCUT2D eigenvalue weighted by atomic mass is 9.92. The first-order chi connectivity index (χ1) is 67.4. The minimum Gasteiger partial charge on any atom is -0.504 e. The maximum atomic E-state index is 12.9. The van der Waals surface area contributed by atoms with Crippen molar-refractivity contribution < 1.29 is 124 Å². The number of carbonyl (C=O) groups excluding carboxylic acids is 8. The number of halogens is 2. The Labute approximate surface area is 835 Å². The molecule has 5 aliphatic rings. The number of carbonyl (C=O) groups is 8. The Bertz CT molecular complexity index is 5730. The summed E-state index contributed by atoms with van der Waals surface area (Å²) in [6.45, 7) is 29.4. The summed E-state index contributed by atoms with van der Waals surface area (Å²) in [4.78, 5) is 105. The van der Waals surface area contributed by atoms with Gasteiger partial charge in [0.1, 0.15) is 73.4 Å². The van der Waals surface area contributed by atoms with Crippen LogP contribution >= 0.6 is 23.2 Å². The van der Waals surface area contributed by atoms with E-state index in [0.29, 0.717) is 133 Å². The predicted octanol–water partition coefficient (Wildman–Crippen LogP) is 18.6. The van der Waals surface area contributed by atoms with E-state index in [0.717, 1.165) is 72.3 Å². The van der Waals surface area contributed by atoms with Crippen LogP contribution in [0.4, 0.5) is 14.4 Å². The molecule has 3 amide bonds. The van der Waals surface area contributed by atoms with Crippen molar-refractivity contribution in [3.8, 4) is 57.5 Å². The molecule has 14 rings (SSSR count). The molecule has 5 heterocycles. The molecule has 0 radical (unpaired) electrons. The van der Waals surface area contributed by atoms with Gasteiger partial charge in [-0.25, -0.2) is 28.8 Å². The van der Waals surface area contributed by atoms with Crippen LogP contribution in [0.15, 0.2) is 170 Å². The van der Waals surface area contributed by atoms with Crippen molar-refractivity contribution in [2.75, 3.05) is 68.6 Å². The largest absolute Gasteiger partial charge is 0.504 e. The molecule has 0 fully saturated rings. The summed E-state index contributed by atoms with van der Waals surface area (Å²) in [7, 11) is 7.84. The number of ether oxygens (including phenoxy) is 17. The van der Waals surface area contributed by atoms with Crippen LogP contribution in [0.1, 0.15) is 175 Å². The molecule has 0 bridgehead atoms. The summed E-state index contributed by atoms with van der Waals surface area (Å²) in [6.07, 6.45) is -0.0799. The van der Waals surface area contributed by atoms with Gasteiger partial charge in [-0.3, -0.25) is 24.3 Å². The van der Waals surface area contributed by atoms with Crippen molar-refractivity contribution in [2.24, 2.45) is 0 Å². The molecule has 141 heavy (non-hydrogen) atoms. The normalized spacial score (nSPS) is 15.9. The second-order valence-corrected chi connectivity index (χ2v) is 37.0. The summed E-state index contributed by atoms with van der Waals surface area (Å²) >= 11 is 11.9. The van der Waals surface area contributed by atoms with Crippen LogP contribution in [0, 0.1) is 0 Å². The SMILES string of the molecule is CCOC(=O)[C@@H]1Cc2c(ccc(OC)c2O)CN1C(=O)OC(C)(C)C.CCOC(=O)[C@@H]1Cc2c(ccc(OC)c2OCc2ccc(Cl)cc2)CN1.CCOC(=O)[C@@H]1Cc2c(ccc(OC)c2OCc2ccc(Cl)cc2)CN1C(=O)OC(C)(C)C.CCOC(=O)[C@@H]1Cc2c(ccc(OC)c2OCc2ccccc2)CN1.CCOC(=O)[C@@H]1Cc2c(ccc(OC)c2OCc2ccccc2)CN1C(=O)OC(C)(C)C. The van der Waals surface area contributed by atoms with Gasteiger partial charge in [0.25, 0.3) is 0 Å². The van der Waals surface area contributed by atoms with Crippen LogP contribution in [-0.4, -0.2) is 184 Å². The second-order valence-electron chi connectivity index (χ2n) is 36.1. The number of phenolic OH excluding ortho intramolecular Hbond substituents is 1. The monoisotopic (exact) mass is 1980 g/mol. The minimum absolute atomic E-state index is 0.0156. The fraction of sp³-hybridized carbons (Fsp3) is 0.426. The first kappa shape index (κ1) is 110. The lowest BCUT2D eigenvalue weighted by Crippen LogP contribution is -2.50. The number of aromatic hydroxyl groups is 1. The third-order valence-electron chi connectivity index (χ3n) is 22.7. The molecule has 5 atom stereocenters. The molecule has 5 aliphatic heterocycles. The number of benzene rings is 9. The Morgan fingerprint density at radius 1 is 0.319 bits per heavy atom. The zero-order chi connectivity index (χ0) is 102. The van der Waals surface area contributed by atoms with E-state index in [-0.39, 0.29) is 88.5 Å². The molecular formula is C108H131Cl2N5O26. The highest BCUT2D eigenvalue weighted by atomic mass is 35.5. The molecule has 0 saturated heterocycles. The second kappa shape index (κ2) is 51.7. The molecule has 0 saturated carbocycles. The van der Waals surface area contributed by atoms with Crippen molar-refractivity contribution in [1.82, 2.24) is 25.3 Å². The summed E-state index contributed by atoms with van der Waals surface area (Å²) < 4.78 is 94.1. The van der Waals surface area contributed by atoms with Gasteiger partial charge in [-0.05, 0) is 202 Å². The number of nitrogens with one attached hydrogen (secondary N) is 2. The van der Waals surface area contributed by atoms with Crippen molar-refractivity contribution in [3.05, 3.63) is 258 Å². The van der Waals surface area contributed by atoms with Crippen LogP contribution in [0.5, 0.6) is 57.5 Å². The van der Waals surface area contributed by atoms with E-state index < -0.39 is 71.1 Å². The highest BCUT2D eigenvalue weighted by Crippen LogP contribution is 2.45. The van der Waals surface area contributed by atoms with Gasteiger partial charge in [0.05, 0.1) is 88.2 Å². The Hall–Kier alpha value is -13.4. The van der Waals surface area contributed by atoms with E-state index in [4.69, 9.17) is 104 Å². The van der Waals surface area contributed by atoms with E-state index in [9.17, 15) is 43.5 Å². The van der Waals surface area contributed by atoms with E-state index in [1.54, 1.807) is 149 Å². The van der Waals surface area contributed by atoms with Crippen molar-refractivity contribution in [3.63, 3.8) is 0 Å². The molecule has 31 nitrogen and oxygen atoms in total. The number of esters is 5. The standard InChI is InChI=1S/C25H30ClNO6.C25H31NO6.C20H22ClNO4.C20H23NO4.C18H25NO6/c1-6-31-23(28)20-13-19-17(14-27(20)24(29)33-25(2,3)4)9-12-21(30-5)22(19)32-15-16-7-10-18(26)11-8-16;1-6-30-23(27)20-14-19-18(15-26(20)24(28)32-25(2,3)4)12-13-21(29-5)22(19)31-16-17-10-8-7-9-11-17;1-3-25-20(23)17-10-16-14(11-22-17)6-9-18(24-2)19(16)26-12-13-4-7-15(21)8-5-13;1-3-24-20(22)17-11-16-15(12-21-17)9-10-18(23-2)19(16)25-13-14-7-5-4-6-8-14;1-6-24-16(21)13-9-12-11(7-8-14(23-5)15(12)20)10-19(13)17(22)25-18(2,3)4/h7-12,20H,6,13-15H2,1-5H3;7-13,20H,6,14-16H2,1-5H3;4-9,17,22H,3,10-12H2,1-2H3;4-10,17,21H,3,11-13H2,1-2H3;7-8,13,20H,6,9-10H2,1-5H3/t2*20-;2*17-;13-/m00000/s1. The molecule has 0 aliphatic carbocycles. The Balaban J connectivity index is 0.000000182. The smallest absolute Gasteiger partial charge is 0.411 e. The number of hydrogen-bond acceptors (Lipinski definition) is 28. The molecule has 9 aromatic rings. The molecule has 9 aromatic carbocycles. The van der Waals surface area contributed by atoms with E-state index >= 15 is 0 Å². The number of hydrogen-bond donors (Lipinski definition) is 3. The number of methoxy groups -OCH3 is 5. The lowest BCUT2D eigenvalue weighted by Gasteiger charge is -2.37. The summed E-state index contributed by atoms with van der Waals surface area (Å²) in [5, 5.41) is 18.1. The van der Waals surface area contributed by atoms with E-state index in [1.807, 2.05) is 146 Å². The molecule has 0 unspecified atom stereocenters. The van der Waals surface area contributed by atoms with Gasteiger partial charge in [0.2, 0.25) is 0 Å². The van der Waals surface area contributed by atoms with Gasteiger partial charge in [0.15, 0.2) is 57.5 Å². The van der Waals surface area contributed by atoms with Gasteiger partial charge in [0, 0.05) is 83.1 Å². The maximum absolute atomic E-state index is 12.9. The zero-order valence-electron chi connectivity index (χ0n) is 83.7. The topological polar surface area (TPSA) is 347 Å². The van der Waals surface area contributed by atoms with Crippen LogP contribution in [0.3, 0.4) is 0 Å². The van der Waals surface area contributed by atoms with E-state index in [1.165, 1.54) is 21.8 Å².